The number of thiocarbonyl (C=S) groups is 1. The van der Waals surface area contributed by atoms with Gasteiger partial charge < -0.3 is 10.6 Å². The number of amides is 2. The number of nitro groups is 1. The van der Waals surface area contributed by atoms with E-state index in [0.29, 0.717) is 16.8 Å². The summed E-state index contributed by atoms with van der Waals surface area (Å²) >= 11 is 5.07. The van der Waals surface area contributed by atoms with Crippen LogP contribution in [0.4, 0.5) is 11.4 Å². The average Bonchev–Trinajstić information content (AvgIpc) is 2.66. The average molecular weight is 384 g/mol. The second-order valence-electron chi connectivity index (χ2n) is 5.29. The summed E-state index contributed by atoms with van der Waals surface area (Å²) in [6, 6.07) is 12.5. The van der Waals surface area contributed by atoms with Crippen molar-refractivity contribution in [1.29, 1.82) is 0 Å². The Morgan fingerprint density at radius 3 is 2.59 bits per heavy atom. The number of nitrogens with one attached hydrogen (secondary N) is 3. The highest BCUT2D eigenvalue weighted by atomic mass is 32.1. The van der Waals surface area contributed by atoms with E-state index in [1.165, 1.54) is 37.4 Å². The summed E-state index contributed by atoms with van der Waals surface area (Å²) in [7, 11) is 1.53. The molecule has 0 spiro atoms. The number of rotatable bonds is 5. The van der Waals surface area contributed by atoms with Crippen LogP contribution in [0.1, 0.15) is 15.9 Å². The Morgan fingerprint density at radius 1 is 1.15 bits per heavy atom. The smallest absolute Gasteiger partial charge is 0.270 e. The Morgan fingerprint density at radius 2 is 1.89 bits per heavy atom. The molecule has 3 N–H and O–H groups in total. The van der Waals surface area contributed by atoms with Crippen LogP contribution in [0.5, 0.6) is 0 Å². The predicted molar refractivity (Wildman–Crippen MR) is 106 cm³/mol. The molecule has 2 aromatic rings. The van der Waals surface area contributed by atoms with Crippen molar-refractivity contribution in [1.82, 2.24) is 10.6 Å². The summed E-state index contributed by atoms with van der Waals surface area (Å²) in [4.78, 5) is 33.8. The predicted octanol–water partition coefficient (Wildman–Crippen LogP) is 2.48. The van der Waals surface area contributed by atoms with Crippen molar-refractivity contribution in [2.24, 2.45) is 0 Å². The van der Waals surface area contributed by atoms with Crippen LogP contribution in [0.25, 0.3) is 6.08 Å². The maximum atomic E-state index is 11.9. The molecule has 0 heterocycles. The van der Waals surface area contributed by atoms with Crippen molar-refractivity contribution >= 4 is 46.6 Å². The molecular weight excluding hydrogens is 368 g/mol. The molecule has 9 heteroatoms. The lowest BCUT2D eigenvalue weighted by molar-refractivity contribution is -0.384. The molecule has 0 aliphatic heterocycles. The van der Waals surface area contributed by atoms with Crippen LogP contribution in [0.2, 0.25) is 0 Å². The number of benzene rings is 2. The second-order valence-corrected chi connectivity index (χ2v) is 5.70. The van der Waals surface area contributed by atoms with E-state index in [-0.39, 0.29) is 16.7 Å². The Labute approximate surface area is 160 Å². The molecule has 2 aromatic carbocycles. The van der Waals surface area contributed by atoms with Crippen molar-refractivity contribution < 1.29 is 14.5 Å². The molecule has 0 unspecified atom stereocenters. The third-order valence-electron chi connectivity index (χ3n) is 3.35. The third kappa shape index (κ3) is 6.01. The van der Waals surface area contributed by atoms with Crippen molar-refractivity contribution in [2.75, 3.05) is 12.4 Å². The SMILES string of the molecule is CNC(=O)c1cccc(NC(=S)NC(=O)/C=C/c2cccc([N+](=O)[O-])c2)c1. The van der Waals surface area contributed by atoms with Crippen LogP contribution < -0.4 is 16.0 Å². The van der Waals surface area contributed by atoms with E-state index in [1.807, 2.05) is 0 Å². The van der Waals surface area contributed by atoms with Gasteiger partial charge in [0.05, 0.1) is 4.92 Å². The highest BCUT2D eigenvalue weighted by molar-refractivity contribution is 7.80. The number of non-ortho nitro benzene ring substituents is 1. The molecule has 0 aliphatic rings. The van der Waals surface area contributed by atoms with Gasteiger partial charge in [0.15, 0.2) is 5.11 Å². The minimum absolute atomic E-state index is 0.0535. The lowest BCUT2D eigenvalue weighted by Crippen LogP contribution is -2.32. The third-order valence-corrected chi connectivity index (χ3v) is 3.56. The van der Waals surface area contributed by atoms with Gasteiger partial charge >= 0.3 is 0 Å². The minimum atomic E-state index is -0.511. The number of nitrogens with zero attached hydrogens (tertiary/aromatic N) is 1. The Kier molecular flexibility index (Phi) is 6.73. The highest BCUT2D eigenvalue weighted by Crippen LogP contribution is 2.14. The molecule has 2 amide bonds. The monoisotopic (exact) mass is 384 g/mol. The fourth-order valence-corrected chi connectivity index (χ4v) is 2.33. The van der Waals surface area contributed by atoms with E-state index in [0.717, 1.165) is 0 Å². The topological polar surface area (TPSA) is 113 Å². The maximum absolute atomic E-state index is 11.9. The first-order valence-corrected chi connectivity index (χ1v) is 8.16. The first kappa shape index (κ1) is 19.7. The van der Waals surface area contributed by atoms with Gasteiger partial charge in [-0.15, -0.1) is 0 Å². The van der Waals surface area contributed by atoms with Crippen LogP contribution in [0.3, 0.4) is 0 Å². The Balaban J connectivity index is 1.96. The summed E-state index contributed by atoms with van der Waals surface area (Å²) in [6.07, 6.45) is 2.66. The van der Waals surface area contributed by atoms with E-state index < -0.39 is 10.8 Å². The van der Waals surface area contributed by atoms with Gasteiger partial charge in [0.2, 0.25) is 5.91 Å². The number of carbonyl (C=O) groups is 2. The Bertz CT molecular complexity index is 927. The van der Waals surface area contributed by atoms with Gasteiger partial charge in [0.1, 0.15) is 0 Å². The summed E-state index contributed by atoms with van der Waals surface area (Å²) < 4.78 is 0. The minimum Gasteiger partial charge on any atom is -0.355 e. The van der Waals surface area contributed by atoms with Gasteiger partial charge in [-0.05, 0) is 42.1 Å². The lowest BCUT2D eigenvalue weighted by atomic mass is 10.2. The van der Waals surface area contributed by atoms with E-state index in [9.17, 15) is 19.7 Å². The quantitative estimate of drug-likeness (QED) is 0.316. The molecular formula is C18H16N4O4S. The first-order valence-electron chi connectivity index (χ1n) is 7.75. The molecule has 0 fully saturated rings. The summed E-state index contributed by atoms with van der Waals surface area (Å²) in [5.41, 5.74) is 1.44. The largest absolute Gasteiger partial charge is 0.355 e. The number of anilines is 1. The highest BCUT2D eigenvalue weighted by Gasteiger charge is 2.07. The van der Waals surface area contributed by atoms with Crippen LogP contribution in [-0.4, -0.2) is 28.9 Å². The zero-order valence-electron chi connectivity index (χ0n) is 14.3. The van der Waals surface area contributed by atoms with Gasteiger partial charge in [0.25, 0.3) is 11.6 Å². The van der Waals surface area contributed by atoms with Crippen molar-refractivity contribution in [3.8, 4) is 0 Å². The molecule has 2 rings (SSSR count). The van der Waals surface area contributed by atoms with Gasteiger partial charge in [-0.3, -0.25) is 25.0 Å². The van der Waals surface area contributed by atoms with E-state index >= 15 is 0 Å². The molecule has 138 valence electrons. The molecule has 0 radical (unpaired) electrons. The molecule has 0 aliphatic carbocycles. The molecule has 8 nitrogen and oxygen atoms in total. The molecule has 0 aromatic heterocycles. The summed E-state index contributed by atoms with van der Waals surface area (Å²) in [5, 5.41) is 18.6. The zero-order chi connectivity index (χ0) is 19.8. The maximum Gasteiger partial charge on any atom is 0.270 e. The van der Waals surface area contributed by atoms with Gasteiger partial charge in [0, 0.05) is 36.5 Å². The van der Waals surface area contributed by atoms with Crippen molar-refractivity contribution in [3.05, 3.63) is 75.8 Å². The number of hydrogen-bond donors (Lipinski definition) is 3. The van der Waals surface area contributed by atoms with E-state index in [1.54, 1.807) is 30.3 Å². The fraction of sp³-hybridized carbons (Fsp3) is 0.0556. The standard InChI is InChI=1S/C18H16N4O4S/c1-19-17(24)13-5-3-6-14(11-13)20-18(27)21-16(23)9-8-12-4-2-7-15(10-12)22(25)26/h2-11H,1H3,(H,19,24)(H2,20,21,23,27)/b9-8+. The fourth-order valence-electron chi connectivity index (χ4n) is 2.11. The van der Waals surface area contributed by atoms with E-state index in [2.05, 4.69) is 16.0 Å². The Hall–Kier alpha value is -3.59. The summed E-state index contributed by atoms with van der Waals surface area (Å²) in [5.74, 6) is -0.741. The summed E-state index contributed by atoms with van der Waals surface area (Å²) in [6.45, 7) is 0. The van der Waals surface area contributed by atoms with E-state index in [4.69, 9.17) is 12.2 Å². The van der Waals surface area contributed by atoms with Gasteiger partial charge in [-0.1, -0.05) is 18.2 Å². The number of hydrogen-bond acceptors (Lipinski definition) is 5. The van der Waals surface area contributed by atoms with Crippen LogP contribution in [0.15, 0.2) is 54.6 Å². The molecule has 0 saturated heterocycles. The van der Waals surface area contributed by atoms with Crippen molar-refractivity contribution in [3.63, 3.8) is 0 Å². The molecule has 0 atom stereocenters. The van der Waals surface area contributed by atoms with Crippen LogP contribution in [0, 0.1) is 10.1 Å². The number of nitro benzene ring substituents is 1. The second kappa shape index (κ2) is 9.20. The van der Waals surface area contributed by atoms with Gasteiger partial charge in [-0.2, -0.15) is 0 Å². The molecule has 0 saturated carbocycles. The lowest BCUT2D eigenvalue weighted by Gasteiger charge is -2.09. The van der Waals surface area contributed by atoms with Gasteiger partial charge in [-0.25, -0.2) is 0 Å². The number of carbonyl (C=O) groups excluding carboxylic acids is 2. The van der Waals surface area contributed by atoms with Crippen molar-refractivity contribution in [2.45, 2.75) is 0 Å². The molecule has 27 heavy (non-hydrogen) atoms. The first-order chi connectivity index (χ1) is 12.9. The zero-order valence-corrected chi connectivity index (χ0v) is 15.1. The normalized spacial score (nSPS) is 10.3. The van der Waals surface area contributed by atoms with Crippen LogP contribution >= 0.6 is 12.2 Å². The van der Waals surface area contributed by atoms with Crippen LogP contribution in [-0.2, 0) is 4.79 Å². The molecule has 0 bridgehead atoms.